The fraction of sp³-hybridized carbons (Fsp3) is 0.636. The number of nitrogens with one attached hydrogen (secondary N) is 3. The molecule has 2 fully saturated rings. The van der Waals surface area contributed by atoms with E-state index in [2.05, 4.69) is 39.8 Å². The van der Waals surface area contributed by atoms with Crippen LogP contribution in [0.15, 0.2) is 24.3 Å². The molecule has 1 atom stereocenters. The number of nitrogens with zero attached hydrogens (tertiary/aromatic N) is 1. The predicted octanol–water partition coefficient (Wildman–Crippen LogP) is 1.04. The Bertz CT molecular complexity index is 647. The lowest BCUT2D eigenvalue weighted by Crippen LogP contribution is -3.11. The molecular formula is C22H35N4O2+. The number of benzene rings is 1. The van der Waals surface area contributed by atoms with Gasteiger partial charge < -0.3 is 20.4 Å². The number of carbonyl (C=O) groups is 2. The summed E-state index contributed by atoms with van der Waals surface area (Å²) < 4.78 is 0. The van der Waals surface area contributed by atoms with Crippen molar-refractivity contribution in [1.29, 1.82) is 0 Å². The maximum atomic E-state index is 12.4. The predicted molar refractivity (Wildman–Crippen MR) is 111 cm³/mol. The molecule has 154 valence electrons. The molecular weight excluding hydrogens is 352 g/mol. The Morgan fingerprint density at radius 3 is 2.25 bits per heavy atom. The van der Waals surface area contributed by atoms with Crippen LogP contribution >= 0.6 is 0 Å². The first-order valence-corrected chi connectivity index (χ1v) is 10.7. The van der Waals surface area contributed by atoms with Gasteiger partial charge in [-0.05, 0) is 25.0 Å². The van der Waals surface area contributed by atoms with Crippen LogP contribution in [-0.4, -0.2) is 51.6 Å². The number of rotatable bonds is 6. The maximum absolute atomic E-state index is 12.4. The fourth-order valence-electron chi connectivity index (χ4n) is 4.45. The minimum atomic E-state index is -0.501. The monoisotopic (exact) mass is 387 g/mol. The molecule has 6 nitrogen and oxygen atoms in total. The zero-order chi connectivity index (χ0) is 19.9. The molecule has 1 heterocycles. The van der Waals surface area contributed by atoms with Crippen molar-refractivity contribution in [2.75, 3.05) is 38.6 Å². The van der Waals surface area contributed by atoms with E-state index in [1.807, 2.05) is 14.1 Å². The van der Waals surface area contributed by atoms with E-state index in [-0.39, 0.29) is 12.1 Å². The number of hydrogen-bond donors (Lipinski definition) is 3. The molecule has 0 unspecified atom stereocenters. The molecule has 1 aromatic rings. The number of carbonyl (C=O) groups excluding carboxylic acids is 2. The Labute approximate surface area is 168 Å². The van der Waals surface area contributed by atoms with Crippen LogP contribution in [0.2, 0.25) is 0 Å². The number of likely N-dealkylation sites (tertiary alicyclic amines) is 1. The van der Waals surface area contributed by atoms with Crippen LogP contribution in [0.4, 0.5) is 5.69 Å². The van der Waals surface area contributed by atoms with Gasteiger partial charge in [0.15, 0.2) is 0 Å². The molecule has 2 aliphatic rings. The van der Waals surface area contributed by atoms with E-state index < -0.39 is 11.8 Å². The van der Waals surface area contributed by atoms with Crippen molar-refractivity contribution in [3.8, 4) is 0 Å². The van der Waals surface area contributed by atoms with Gasteiger partial charge in [0.1, 0.15) is 6.04 Å². The van der Waals surface area contributed by atoms with Gasteiger partial charge in [0, 0.05) is 44.2 Å². The third-order valence-corrected chi connectivity index (χ3v) is 6.16. The number of anilines is 1. The number of quaternary nitrogens is 1. The first-order chi connectivity index (χ1) is 13.5. The molecule has 2 amide bonds. The molecule has 0 radical (unpaired) electrons. The third kappa shape index (κ3) is 5.47. The SMILES string of the molecule is CN(C)c1ccc([C@@H](CNC(=O)C(=O)NC2CCCCC2)[NH+]2CCCC2)cc1. The molecule has 0 aromatic heterocycles. The lowest BCUT2D eigenvalue weighted by molar-refractivity contribution is -0.918. The van der Waals surface area contributed by atoms with Gasteiger partial charge in [-0.25, -0.2) is 0 Å². The molecule has 28 heavy (non-hydrogen) atoms. The summed E-state index contributed by atoms with van der Waals surface area (Å²) in [4.78, 5) is 28.2. The summed E-state index contributed by atoms with van der Waals surface area (Å²) in [7, 11) is 4.06. The average molecular weight is 388 g/mol. The van der Waals surface area contributed by atoms with E-state index in [1.54, 1.807) is 0 Å². The van der Waals surface area contributed by atoms with E-state index >= 15 is 0 Å². The molecule has 1 aliphatic heterocycles. The molecule has 6 heteroatoms. The number of hydrogen-bond acceptors (Lipinski definition) is 3. The van der Waals surface area contributed by atoms with Gasteiger partial charge in [0.2, 0.25) is 0 Å². The summed E-state index contributed by atoms with van der Waals surface area (Å²) in [5, 5.41) is 5.81. The highest BCUT2D eigenvalue weighted by Gasteiger charge is 2.29. The maximum Gasteiger partial charge on any atom is 0.309 e. The second kappa shape index (κ2) is 9.92. The second-order valence-corrected chi connectivity index (χ2v) is 8.42. The summed E-state index contributed by atoms with van der Waals surface area (Å²) in [6.07, 6.45) is 7.91. The first-order valence-electron chi connectivity index (χ1n) is 10.7. The molecule has 1 saturated carbocycles. The van der Waals surface area contributed by atoms with Crippen LogP contribution in [0.3, 0.4) is 0 Å². The van der Waals surface area contributed by atoms with Gasteiger partial charge >= 0.3 is 11.8 Å². The number of amides is 2. The van der Waals surface area contributed by atoms with Crippen molar-refractivity contribution >= 4 is 17.5 Å². The van der Waals surface area contributed by atoms with E-state index in [0.717, 1.165) is 44.5 Å². The Kier molecular flexibility index (Phi) is 7.31. The van der Waals surface area contributed by atoms with Crippen LogP contribution in [0.5, 0.6) is 0 Å². The molecule has 1 aliphatic carbocycles. The zero-order valence-electron chi connectivity index (χ0n) is 17.3. The standard InChI is InChI=1S/C22H34N4O2/c1-25(2)19-12-10-17(11-13-19)20(26-14-6-7-15-26)16-23-21(27)22(28)24-18-8-4-3-5-9-18/h10-13,18,20H,3-9,14-16H2,1-2H3,(H,23,27)(H,24,28)/p+1/t20-/m1/s1. The Morgan fingerprint density at radius 1 is 1.00 bits per heavy atom. The van der Waals surface area contributed by atoms with Gasteiger partial charge in [-0.2, -0.15) is 0 Å². The second-order valence-electron chi connectivity index (χ2n) is 8.42. The lowest BCUT2D eigenvalue weighted by atomic mass is 9.95. The summed E-state index contributed by atoms with van der Waals surface area (Å²) in [6, 6.07) is 8.89. The van der Waals surface area contributed by atoms with Crippen molar-refractivity contribution < 1.29 is 14.5 Å². The Hall–Kier alpha value is -2.08. The topological polar surface area (TPSA) is 65.9 Å². The van der Waals surface area contributed by atoms with Gasteiger partial charge in [-0.3, -0.25) is 9.59 Å². The van der Waals surface area contributed by atoms with E-state index in [4.69, 9.17) is 0 Å². The van der Waals surface area contributed by atoms with Crippen molar-refractivity contribution in [2.45, 2.75) is 57.0 Å². The van der Waals surface area contributed by atoms with E-state index in [0.29, 0.717) is 6.54 Å². The Morgan fingerprint density at radius 2 is 1.64 bits per heavy atom. The van der Waals surface area contributed by atoms with Crippen molar-refractivity contribution in [1.82, 2.24) is 10.6 Å². The zero-order valence-corrected chi connectivity index (χ0v) is 17.3. The highest BCUT2D eigenvalue weighted by molar-refractivity contribution is 6.35. The normalized spacial score (nSPS) is 19.2. The molecule has 0 bridgehead atoms. The summed E-state index contributed by atoms with van der Waals surface area (Å²) in [5.41, 5.74) is 2.38. The van der Waals surface area contributed by atoms with Gasteiger partial charge in [0.05, 0.1) is 19.6 Å². The van der Waals surface area contributed by atoms with Crippen molar-refractivity contribution in [2.24, 2.45) is 0 Å². The van der Waals surface area contributed by atoms with Crippen LogP contribution in [0, 0.1) is 0 Å². The first kappa shape index (κ1) is 20.6. The third-order valence-electron chi connectivity index (χ3n) is 6.16. The molecule has 1 aromatic carbocycles. The molecule has 1 saturated heterocycles. The van der Waals surface area contributed by atoms with Gasteiger partial charge in [0.25, 0.3) is 0 Å². The minimum Gasteiger partial charge on any atom is -0.378 e. The molecule has 3 N–H and O–H groups in total. The highest BCUT2D eigenvalue weighted by atomic mass is 16.2. The van der Waals surface area contributed by atoms with E-state index in [9.17, 15) is 9.59 Å². The van der Waals surface area contributed by atoms with Gasteiger partial charge in [-0.1, -0.05) is 31.4 Å². The van der Waals surface area contributed by atoms with Crippen LogP contribution in [0.1, 0.15) is 56.6 Å². The largest absolute Gasteiger partial charge is 0.378 e. The Balaban J connectivity index is 1.59. The highest BCUT2D eigenvalue weighted by Crippen LogP contribution is 2.18. The summed E-state index contributed by atoms with van der Waals surface area (Å²) in [5.74, 6) is -0.982. The summed E-state index contributed by atoms with van der Waals surface area (Å²) >= 11 is 0. The van der Waals surface area contributed by atoms with Crippen molar-refractivity contribution in [3.05, 3.63) is 29.8 Å². The van der Waals surface area contributed by atoms with Crippen LogP contribution < -0.4 is 20.4 Å². The van der Waals surface area contributed by atoms with Crippen LogP contribution in [0.25, 0.3) is 0 Å². The average Bonchev–Trinajstić information content (AvgIpc) is 3.23. The lowest BCUT2D eigenvalue weighted by Gasteiger charge is -2.26. The molecule has 3 rings (SSSR count). The summed E-state index contributed by atoms with van der Waals surface area (Å²) in [6.45, 7) is 2.72. The van der Waals surface area contributed by atoms with E-state index in [1.165, 1.54) is 29.7 Å². The quantitative estimate of drug-likeness (QED) is 0.639. The smallest absolute Gasteiger partial charge is 0.309 e. The molecule has 0 spiro atoms. The fourth-order valence-corrected chi connectivity index (χ4v) is 4.45. The van der Waals surface area contributed by atoms with Gasteiger partial charge in [-0.15, -0.1) is 0 Å². The van der Waals surface area contributed by atoms with Crippen molar-refractivity contribution in [3.63, 3.8) is 0 Å². The minimum absolute atomic E-state index is 0.158. The van der Waals surface area contributed by atoms with Crippen LogP contribution in [-0.2, 0) is 9.59 Å².